The smallest absolute Gasteiger partial charge is 0.456 e. The molecule has 0 saturated heterocycles. The first-order valence-corrected chi connectivity index (χ1v) is 4.85. The van der Waals surface area contributed by atoms with E-state index in [1.165, 1.54) is 24.3 Å². The Morgan fingerprint density at radius 3 is 2.28 bits per heavy atom. The maximum absolute atomic E-state index is 12.0. The van der Waals surface area contributed by atoms with Crippen LogP contribution in [0.2, 0.25) is 5.02 Å². The first-order valence-electron chi connectivity index (χ1n) is 4.48. The number of halogens is 4. The van der Waals surface area contributed by atoms with E-state index in [2.05, 4.69) is 10.2 Å². The molecule has 1 N–H and O–H groups in total. The number of benzene rings is 1. The molecule has 0 aliphatic carbocycles. The zero-order valence-corrected chi connectivity index (χ0v) is 9.40. The summed E-state index contributed by atoms with van der Waals surface area (Å²) in [7, 11) is 0. The molecular weight excluding hydrogens is 273 g/mol. The summed E-state index contributed by atoms with van der Waals surface area (Å²) in [6, 6.07) is 5.67. The van der Waals surface area contributed by atoms with Gasteiger partial charge in [0, 0.05) is 5.02 Å². The first-order chi connectivity index (χ1) is 8.34. The van der Waals surface area contributed by atoms with Gasteiger partial charge in [-0.3, -0.25) is 4.79 Å². The molecule has 0 spiro atoms. The van der Waals surface area contributed by atoms with Crippen molar-refractivity contribution in [1.82, 2.24) is 0 Å². The largest absolute Gasteiger partial charge is 0.513 e. The zero-order valence-electron chi connectivity index (χ0n) is 8.65. The van der Waals surface area contributed by atoms with Crippen LogP contribution in [0.3, 0.4) is 0 Å². The van der Waals surface area contributed by atoms with E-state index in [1.54, 1.807) is 0 Å². The van der Waals surface area contributed by atoms with Gasteiger partial charge in [-0.05, 0) is 24.3 Å². The van der Waals surface area contributed by atoms with Gasteiger partial charge < -0.3 is 5.11 Å². The average molecular weight is 279 g/mol. The Morgan fingerprint density at radius 1 is 1.28 bits per heavy atom. The predicted octanol–water partition coefficient (Wildman–Crippen LogP) is 3.95. The number of carbonyl (C=O) groups excluding carboxylic acids is 1. The third-order valence-electron chi connectivity index (χ3n) is 1.71. The molecule has 8 heteroatoms. The van der Waals surface area contributed by atoms with Gasteiger partial charge in [0.25, 0.3) is 5.78 Å². The summed E-state index contributed by atoms with van der Waals surface area (Å²) in [4.78, 5) is 10.7. The highest BCUT2D eigenvalue weighted by molar-refractivity contribution is 6.30. The van der Waals surface area contributed by atoms with Gasteiger partial charge in [-0.2, -0.15) is 18.3 Å². The number of rotatable bonds is 3. The Kier molecular flexibility index (Phi) is 4.43. The van der Waals surface area contributed by atoms with Crippen molar-refractivity contribution in [2.24, 2.45) is 10.2 Å². The van der Waals surface area contributed by atoms with E-state index in [1.807, 2.05) is 0 Å². The first kappa shape index (κ1) is 14.2. The van der Waals surface area contributed by atoms with Gasteiger partial charge in [0.05, 0.1) is 5.69 Å². The SMILES string of the molecule is O=C(/C(=C\O)N=Nc1ccc(Cl)cc1)C(F)(F)F. The topological polar surface area (TPSA) is 62.0 Å². The summed E-state index contributed by atoms with van der Waals surface area (Å²) < 4.78 is 36.1. The van der Waals surface area contributed by atoms with Crippen molar-refractivity contribution >= 4 is 23.1 Å². The minimum atomic E-state index is -5.12. The number of Topliss-reactive ketones (excluding diaryl/α,β-unsaturated/α-hetero) is 1. The predicted molar refractivity (Wildman–Crippen MR) is 57.7 cm³/mol. The van der Waals surface area contributed by atoms with Crippen LogP contribution in [0.15, 0.2) is 46.5 Å². The number of hydrogen-bond donors (Lipinski definition) is 1. The molecule has 0 amide bonds. The molecule has 1 aromatic rings. The van der Waals surface area contributed by atoms with Crippen LogP contribution >= 0.6 is 11.6 Å². The van der Waals surface area contributed by atoms with Gasteiger partial charge in [-0.1, -0.05) is 11.6 Å². The molecule has 18 heavy (non-hydrogen) atoms. The van der Waals surface area contributed by atoms with Crippen molar-refractivity contribution in [3.05, 3.63) is 41.2 Å². The lowest BCUT2D eigenvalue weighted by atomic mass is 10.3. The molecule has 0 fully saturated rings. The number of azo groups is 1. The maximum Gasteiger partial charge on any atom is 0.456 e. The Balaban J connectivity index is 2.88. The monoisotopic (exact) mass is 278 g/mol. The number of aliphatic hydroxyl groups excluding tert-OH is 1. The number of alkyl halides is 3. The van der Waals surface area contributed by atoms with Crippen LogP contribution in [0.25, 0.3) is 0 Å². The van der Waals surface area contributed by atoms with Gasteiger partial charge >= 0.3 is 6.18 Å². The second-order valence-corrected chi connectivity index (χ2v) is 3.45. The zero-order chi connectivity index (χ0) is 13.8. The number of allylic oxidation sites excluding steroid dienone is 1. The maximum atomic E-state index is 12.0. The molecule has 0 radical (unpaired) electrons. The standard InChI is InChI=1S/C10H6ClF3N2O2/c11-6-1-3-7(4-2-6)15-16-8(5-17)9(18)10(12,13)14/h1-5,17H/b8-5+,16-15?. The minimum absolute atomic E-state index is 0.0464. The molecule has 1 aromatic carbocycles. The fourth-order valence-corrected chi connectivity index (χ4v) is 1.02. The molecule has 0 saturated carbocycles. The molecule has 0 atom stereocenters. The molecular formula is C10H6ClF3N2O2. The van der Waals surface area contributed by atoms with Crippen molar-refractivity contribution < 1.29 is 23.1 Å². The lowest BCUT2D eigenvalue weighted by molar-refractivity contribution is -0.166. The van der Waals surface area contributed by atoms with Gasteiger partial charge in [-0.15, -0.1) is 5.11 Å². The summed E-state index contributed by atoms with van der Waals surface area (Å²) >= 11 is 5.59. The van der Waals surface area contributed by atoms with Crippen LogP contribution in [-0.4, -0.2) is 17.1 Å². The quantitative estimate of drug-likeness (QED) is 0.517. The van der Waals surface area contributed by atoms with E-state index < -0.39 is 17.7 Å². The van der Waals surface area contributed by atoms with Gasteiger partial charge in [-0.25, -0.2) is 0 Å². The highest BCUT2D eigenvalue weighted by Crippen LogP contribution is 2.23. The van der Waals surface area contributed by atoms with Crippen LogP contribution in [0, 0.1) is 0 Å². The molecule has 4 nitrogen and oxygen atoms in total. The molecule has 0 aromatic heterocycles. The Bertz CT molecular complexity index is 495. The Hall–Kier alpha value is -1.89. The van der Waals surface area contributed by atoms with E-state index in [0.29, 0.717) is 5.02 Å². The second-order valence-electron chi connectivity index (χ2n) is 3.02. The van der Waals surface area contributed by atoms with Crippen molar-refractivity contribution in [2.75, 3.05) is 0 Å². The van der Waals surface area contributed by atoms with Crippen molar-refractivity contribution in [2.45, 2.75) is 6.18 Å². The van der Waals surface area contributed by atoms with E-state index in [-0.39, 0.29) is 11.9 Å². The number of nitrogens with zero attached hydrogens (tertiary/aromatic N) is 2. The van der Waals surface area contributed by atoms with Crippen molar-refractivity contribution in [1.29, 1.82) is 0 Å². The molecule has 1 rings (SSSR count). The highest BCUT2D eigenvalue weighted by Gasteiger charge is 2.41. The summed E-state index contributed by atoms with van der Waals surface area (Å²) in [5, 5.41) is 15.3. The number of carbonyl (C=O) groups is 1. The van der Waals surface area contributed by atoms with Crippen LogP contribution < -0.4 is 0 Å². The fourth-order valence-electron chi connectivity index (χ4n) is 0.894. The van der Waals surface area contributed by atoms with Gasteiger partial charge in [0.15, 0.2) is 5.70 Å². The number of aliphatic hydroxyl groups is 1. The molecule has 0 bridgehead atoms. The summed E-state index contributed by atoms with van der Waals surface area (Å²) in [6.45, 7) is 0. The molecule has 96 valence electrons. The fraction of sp³-hybridized carbons (Fsp3) is 0.100. The lowest BCUT2D eigenvalue weighted by Gasteiger charge is -2.02. The highest BCUT2D eigenvalue weighted by atomic mass is 35.5. The minimum Gasteiger partial charge on any atom is -0.513 e. The van der Waals surface area contributed by atoms with E-state index in [4.69, 9.17) is 16.7 Å². The van der Waals surface area contributed by atoms with Crippen LogP contribution in [0.5, 0.6) is 0 Å². The summed E-state index contributed by atoms with van der Waals surface area (Å²) in [5.74, 6) is -2.28. The Labute approximate surface area is 104 Å². The van der Waals surface area contributed by atoms with E-state index in [0.717, 1.165) is 0 Å². The Morgan fingerprint density at radius 2 is 1.83 bits per heavy atom. The van der Waals surface area contributed by atoms with Gasteiger partial charge in [0.1, 0.15) is 6.26 Å². The van der Waals surface area contributed by atoms with Crippen LogP contribution in [0.4, 0.5) is 18.9 Å². The van der Waals surface area contributed by atoms with Crippen LogP contribution in [0.1, 0.15) is 0 Å². The average Bonchev–Trinajstić information content (AvgIpc) is 2.31. The van der Waals surface area contributed by atoms with E-state index >= 15 is 0 Å². The third-order valence-corrected chi connectivity index (χ3v) is 1.96. The third kappa shape index (κ3) is 3.85. The molecule has 0 aliphatic rings. The van der Waals surface area contributed by atoms with Crippen LogP contribution in [-0.2, 0) is 4.79 Å². The molecule has 0 aliphatic heterocycles. The summed E-state index contributed by atoms with van der Waals surface area (Å²) in [6.07, 6.45) is -5.16. The van der Waals surface area contributed by atoms with Gasteiger partial charge in [0.2, 0.25) is 0 Å². The summed E-state index contributed by atoms with van der Waals surface area (Å²) in [5.41, 5.74) is -1.01. The lowest BCUT2D eigenvalue weighted by Crippen LogP contribution is -2.23. The normalized spacial score (nSPS) is 13.0. The molecule has 0 unspecified atom stereocenters. The number of hydrogen-bond acceptors (Lipinski definition) is 4. The van der Waals surface area contributed by atoms with E-state index in [9.17, 15) is 18.0 Å². The van der Waals surface area contributed by atoms with Crippen molar-refractivity contribution in [3.63, 3.8) is 0 Å². The van der Waals surface area contributed by atoms with Crippen molar-refractivity contribution in [3.8, 4) is 0 Å². The number of ketones is 1. The molecule has 0 heterocycles. The second kappa shape index (κ2) is 5.63.